The second-order valence-electron chi connectivity index (χ2n) is 8.41. The molecule has 0 amide bonds. The van der Waals surface area contributed by atoms with E-state index in [1.807, 2.05) is 20.8 Å². The van der Waals surface area contributed by atoms with Gasteiger partial charge in [0, 0.05) is 5.41 Å². The van der Waals surface area contributed by atoms with Crippen LogP contribution in [0.1, 0.15) is 78.6 Å². The fourth-order valence-corrected chi connectivity index (χ4v) is 3.14. The number of ketones is 1. The van der Waals surface area contributed by atoms with Crippen LogP contribution in [0.3, 0.4) is 0 Å². The van der Waals surface area contributed by atoms with Crippen LogP contribution in [-0.4, -0.2) is 20.8 Å². The lowest BCUT2D eigenvalue weighted by atomic mass is 9.75. The zero-order chi connectivity index (χ0) is 16.8. The second-order valence-corrected chi connectivity index (χ2v) is 8.41. The molecule has 1 atom stereocenters. The lowest BCUT2D eigenvalue weighted by molar-refractivity contribution is -0.140. The molecule has 1 aromatic heterocycles. The SMILES string of the molecule is CC(C)(C)C(=O)C1(F)CCCCCc2c1nnn2C(C)(C)C. The zero-order valence-electron chi connectivity index (χ0n) is 14.7. The van der Waals surface area contributed by atoms with Gasteiger partial charge in [0.2, 0.25) is 5.67 Å². The number of halogens is 1. The summed E-state index contributed by atoms with van der Waals surface area (Å²) < 4.78 is 17.6. The van der Waals surface area contributed by atoms with Crippen molar-refractivity contribution in [2.75, 3.05) is 0 Å². The molecule has 0 spiro atoms. The van der Waals surface area contributed by atoms with Crippen molar-refractivity contribution in [1.82, 2.24) is 15.0 Å². The van der Waals surface area contributed by atoms with Gasteiger partial charge in [0.25, 0.3) is 0 Å². The van der Waals surface area contributed by atoms with Gasteiger partial charge in [-0.2, -0.15) is 0 Å². The van der Waals surface area contributed by atoms with Gasteiger partial charge in [-0.05, 0) is 46.5 Å². The summed E-state index contributed by atoms with van der Waals surface area (Å²) in [6, 6.07) is 0. The van der Waals surface area contributed by atoms with E-state index in [1.165, 1.54) is 0 Å². The number of hydrogen-bond donors (Lipinski definition) is 0. The highest BCUT2D eigenvalue weighted by Gasteiger charge is 2.49. The molecule has 1 unspecified atom stereocenters. The summed E-state index contributed by atoms with van der Waals surface area (Å²) in [5.74, 6) is -0.385. The van der Waals surface area contributed by atoms with E-state index in [9.17, 15) is 4.79 Å². The summed E-state index contributed by atoms with van der Waals surface area (Å²) in [5.41, 5.74) is -1.99. The summed E-state index contributed by atoms with van der Waals surface area (Å²) in [5, 5.41) is 8.32. The summed E-state index contributed by atoms with van der Waals surface area (Å²) >= 11 is 0. The van der Waals surface area contributed by atoms with E-state index in [-0.39, 0.29) is 23.4 Å². The fraction of sp³-hybridized carbons (Fsp3) is 0.824. The first-order chi connectivity index (χ1) is 9.98. The van der Waals surface area contributed by atoms with E-state index in [2.05, 4.69) is 10.3 Å². The van der Waals surface area contributed by atoms with Gasteiger partial charge in [-0.1, -0.05) is 32.4 Å². The number of rotatable bonds is 1. The van der Waals surface area contributed by atoms with Gasteiger partial charge in [-0.3, -0.25) is 4.79 Å². The monoisotopic (exact) mass is 309 g/mol. The Balaban J connectivity index is 2.60. The molecule has 124 valence electrons. The minimum Gasteiger partial charge on any atom is -0.295 e. The third kappa shape index (κ3) is 2.95. The van der Waals surface area contributed by atoms with E-state index in [1.54, 1.807) is 25.5 Å². The highest BCUT2D eigenvalue weighted by Crippen LogP contribution is 2.41. The third-order valence-corrected chi connectivity index (χ3v) is 4.25. The van der Waals surface area contributed by atoms with Crippen molar-refractivity contribution >= 4 is 5.78 Å². The van der Waals surface area contributed by atoms with E-state index < -0.39 is 11.1 Å². The second kappa shape index (κ2) is 5.43. The number of aromatic nitrogens is 3. The smallest absolute Gasteiger partial charge is 0.214 e. The van der Waals surface area contributed by atoms with Crippen LogP contribution in [0.4, 0.5) is 4.39 Å². The maximum Gasteiger partial charge on any atom is 0.214 e. The number of Topliss-reactive ketones (excluding diaryl/α,β-unsaturated/α-hetero) is 1. The fourth-order valence-electron chi connectivity index (χ4n) is 3.14. The Morgan fingerprint density at radius 2 is 1.77 bits per heavy atom. The molecule has 5 heteroatoms. The van der Waals surface area contributed by atoms with Gasteiger partial charge in [0.15, 0.2) is 5.78 Å². The van der Waals surface area contributed by atoms with Gasteiger partial charge in [-0.25, -0.2) is 9.07 Å². The van der Waals surface area contributed by atoms with Crippen LogP contribution >= 0.6 is 0 Å². The Kier molecular flexibility index (Phi) is 4.22. The lowest BCUT2D eigenvalue weighted by Gasteiger charge is -2.31. The summed E-state index contributed by atoms with van der Waals surface area (Å²) in [4.78, 5) is 12.8. The van der Waals surface area contributed by atoms with E-state index >= 15 is 4.39 Å². The van der Waals surface area contributed by atoms with Gasteiger partial charge < -0.3 is 0 Å². The summed E-state index contributed by atoms with van der Waals surface area (Å²) in [6.45, 7) is 11.4. The lowest BCUT2D eigenvalue weighted by Crippen LogP contribution is -2.41. The Morgan fingerprint density at radius 1 is 1.14 bits per heavy atom. The van der Waals surface area contributed by atoms with E-state index in [4.69, 9.17) is 0 Å². The van der Waals surface area contributed by atoms with Crippen molar-refractivity contribution in [3.8, 4) is 0 Å². The average molecular weight is 309 g/mol. The Morgan fingerprint density at radius 3 is 2.32 bits per heavy atom. The molecule has 0 radical (unpaired) electrons. The Hall–Kier alpha value is -1.26. The molecule has 0 N–H and O–H groups in total. The molecule has 0 bridgehead atoms. The molecular weight excluding hydrogens is 281 g/mol. The van der Waals surface area contributed by atoms with Gasteiger partial charge in [0.05, 0.1) is 11.2 Å². The minimum atomic E-state index is -2.02. The van der Waals surface area contributed by atoms with Gasteiger partial charge in [0.1, 0.15) is 5.69 Å². The molecule has 2 rings (SSSR count). The number of fused-ring (bicyclic) bond motifs is 1. The van der Waals surface area contributed by atoms with Crippen LogP contribution in [0, 0.1) is 5.41 Å². The molecular formula is C17H28FN3O. The largest absolute Gasteiger partial charge is 0.295 e. The number of hydrogen-bond acceptors (Lipinski definition) is 3. The quantitative estimate of drug-likeness (QED) is 0.789. The van der Waals surface area contributed by atoms with Crippen molar-refractivity contribution in [2.24, 2.45) is 5.41 Å². The first-order valence-corrected chi connectivity index (χ1v) is 8.17. The first-order valence-electron chi connectivity index (χ1n) is 8.17. The van der Waals surface area contributed by atoms with Crippen molar-refractivity contribution in [2.45, 2.75) is 84.9 Å². The highest BCUT2D eigenvalue weighted by atomic mass is 19.1. The molecule has 1 aromatic rings. The maximum atomic E-state index is 15.8. The summed E-state index contributed by atoms with van der Waals surface area (Å²) in [7, 11) is 0. The van der Waals surface area contributed by atoms with Gasteiger partial charge >= 0.3 is 0 Å². The topological polar surface area (TPSA) is 47.8 Å². The Labute approximate surface area is 132 Å². The zero-order valence-corrected chi connectivity index (χ0v) is 14.7. The molecule has 1 heterocycles. The molecule has 0 fully saturated rings. The minimum absolute atomic E-state index is 0.207. The van der Waals surface area contributed by atoms with Crippen molar-refractivity contribution < 1.29 is 9.18 Å². The highest BCUT2D eigenvalue weighted by molar-refractivity contribution is 5.92. The normalized spacial score (nSPS) is 23.6. The van der Waals surface area contributed by atoms with E-state index in [0.29, 0.717) is 6.42 Å². The molecule has 22 heavy (non-hydrogen) atoms. The number of carbonyl (C=O) groups excluding carboxylic acids is 1. The van der Waals surface area contributed by atoms with Crippen LogP contribution < -0.4 is 0 Å². The maximum absolute atomic E-state index is 15.8. The molecule has 0 saturated heterocycles. The number of carbonyl (C=O) groups is 1. The predicted molar refractivity (Wildman–Crippen MR) is 84.4 cm³/mol. The average Bonchev–Trinajstić information content (AvgIpc) is 2.77. The molecule has 1 aliphatic carbocycles. The third-order valence-electron chi connectivity index (χ3n) is 4.25. The summed E-state index contributed by atoms with van der Waals surface area (Å²) in [6.07, 6.45) is 3.55. The first kappa shape index (κ1) is 17.1. The van der Waals surface area contributed by atoms with Crippen molar-refractivity contribution in [1.29, 1.82) is 0 Å². The van der Waals surface area contributed by atoms with Crippen molar-refractivity contribution in [3.63, 3.8) is 0 Å². The van der Waals surface area contributed by atoms with Crippen LogP contribution in [0.25, 0.3) is 0 Å². The Bertz CT molecular complexity index is 565. The van der Waals surface area contributed by atoms with Gasteiger partial charge in [-0.15, -0.1) is 5.10 Å². The standard InChI is InChI=1S/C17H28FN3O/c1-15(2,3)14(22)17(18)11-9-7-8-10-12-13(17)19-20-21(12)16(4,5)6/h7-11H2,1-6H3. The van der Waals surface area contributed by atoms with Crippen LogP contribution in [0.15, 0.2) is 0 Å². The molecule has 4 nitrogen and oxygen atoms in total. The number of nitrogens with zero attached hydrogens (tertiary/aromatic N) is 3. The molecule has 0 aromatic carbocycles. The van der Waals surface area contributed by atoms with Crippen molar-refractivity contribution in [3.05, 3.63) is 11.4 Å². The number of alkyl halides is 1. The molecule has 0 saturated carbocycles. The van der Waals surface area contributed by atoms with E-state index in [0.717, 1.165) is 25.0 Å². The van der Waals surface area contributed by atoms with Crippen LogP contribution in [0.2, 0.25) is 0 Å². The predicted octanol–water partition coefficient (Wildman–Crippen LogP) is 3.93. The molecule has 0 aliphatic heterocycles. The van der Waals surface area contributed by atoms with Crippen LogP contribution in [-0.2, 0) is 22.4 Å². The molecule has 1 aliphatic rings. The van der Waals surface area contributed by atoms with Crippen LogP contribution in [0.5, 0.6) is 0 Å².